The molecule has 0 saturated heterocycles. The summed E-state index contributed by atoms with van der Waals surface area (Å²) in [7, 11) is 0. The zero-order valence-electron chi connectivity index (χ0n) is 9.93. The number of hydrogen-bond donors (Lipinski definition) is 4. The van der Waals surface area contributed by atoms with Crippen molar-refractivity contribution < 1.29 is 10.3 Å². The van der Waals surface area contributed by atoms with E-state index in [0.29, 0.717) is 5.56 Å². The first kappa shape index (κ1) is 13.5. The summed E-state index contributed by atoms with van der Waals surface area (Å²) in [6.45, 7) is 2.95. The van der Waals surface area contributed by atoms with E-state index >= 15 is 0 Å². The van der Waals surface area contributed by atoms with Crippen molar-refractivity contribution in [2.75, 3.05) is 6.61 Å². The van der Waals surface area contributed by atoms with Crippen molar-refractivity contribution in [1.82, 2.24) is 5.32 Å². The predicted molar refractivity (Wildman–Crippen MR) is 67.0 cm³/mol. The number of aliphatic hydroxyl groups excluding tert-OH is 1. The van der Waals surface area contributed by atoms with E-state index in [1.807, 2.05) is 31.2 Å². The third-order valence-electron chi connectivity index (χ3n) is 2.57. The van der Waals surface area contributed by atoms with E-state index in [2.05, 4.69) is 10.5 Å². The summed E-state index contributed by atoms with van der Waals surface area (Å²) < 4.78 is 0. The van der Waals surface area contributed by atoms with Gasteiger partial charge in [-0.2, -0.15) is 0 Å². The van der Waals surface area contributed by atoms with Crippen LogP contribution in [0.5, 0.6) is 0 Å². The van der Waals surface area contributed by atoms with Crippen LogP contribution in [0.2, 0.25) is 0 Å². The van der Waals surface area contributed by atoms with Gasteiger partial charge in [0.1, 0.15) is 0 Å². The molecule has 1 aromatic rings. The number of benzene rings is 1. The highest BCUT2D eigenvalue weighted by Crippen LogP contribution is 2.04. The van der Waals surface area contributed by atoms with Crippen LogP contribution in [-0.2, 0) is 6.54 Å². The topological polar surface area (TPSA) is 90.9 Å². The van der Waals surface area contributed by atoms with Crippen molar-refractivity contribution in [1.29, 1.82) is 0 Å². The van der Waals surface area contributed by atoms with Crippen LogP contribution in [0.3, 0.4) is 0 Å². The SMILES string of the molecule is CC(CCO)NCc1ccc(/C(N)=N/O)cc1. The molecule has 0 radical (unpaired) electrons. The molecular formula is C12H19N3O2. The van der Waals surface area contributed by atoms with Crippen LogP contribution in [0.1, 0.15) is 24.5 Å². The minimum atomic E-state index is 0.109. The van der Waals surface area contributed by atoms with Crippen LogP contribution >= 0.6 is 0 Å². The van der Waals surface area contributed by atoms with Gasteiger partial charge in [0.25, 0.3) is 0 Å². The molecule has 5 heteroatoms. The van der Waals surface area contributed by atoms with E-state index < -0.39 is 0 Å². The molecular weight excluding hydrogens is 218 g/mol. The monoisotopic (exact) mass is 237 g/mol. The molecule has 5 nitrogen and oxygen atoms in total. The highest BCUT2D eigenvalue weighted by atomic mass is 16.4. The number of aliphatic hydroxyl groups is 1. The van der Waals surface area contributed by atoms with Crippen molar-refractivity contribution in [2.45, 2.75) is 25.9 Å². The zero-order valence-corrected chi connectivity index (χ0v) is 9.93. The maximum atomic E-state index is 8.77. The largest absolute Gasteiger partial charge is 0.409 e. The Morgan fingerprint density at radius 2 is 2.06 bits per heavy atom. The van der Waals surface area contributed by atoms with Crippen molar-refractivity contribution in [3.8, 4) is 0 Å². The van der Waals surface area contributed by atoms with Crippen molar-refractivity contribution >= 4 is 5.84 Å². The summed E-state index contributed by atoms with van der Waals surface area (Å²) >= 11 is 0. The van der Waals surface area contributed by atoms with Gasteiger partial charge in [-0.15, -0.1) is 0 Å². The average molecular weight is 237 g/mol. The molecule has 0 fully saturated rings. The van der Waals surface area contributed by atoms with Crippen LogP contribution < -0.4 is 11.1 Å². The Bertz CT molecular complexity index is 363. The molecule has 1 rings (SSSR count). The number of rotatable bonds is 6. The molecule has 94 valence electrons. The summed E-state index contributed by atoms with van der Waals surface area (Å²) in [6.07, 6.45) is 0.738. The van der Waals surface area contributed by atoms with Gasteiger partial charge in [-0.3, -0.25) is 0 Å². The molecule has 0 heterocycles. The Hall–Kier alpha value is -1.59. The van der Waals surface area contributed by atoms with Gasteiger partial charge < -0.3 is 21.4 Å². The summed E-state index contributed by atoms with van der Waals surface area (Å²) in [5, 5.41) is 23.5. The molecule has 0 saturated carbocycles. The van der Waals surface area contributed by atoms with E-state index in [4.69, 9.17) is 16.0 Å². The number of hydrogen-bond acceptors (Lipinski definition) is 4. The van der Waals surface area contributed by atoms with E-state index in [1.54, 1.807) is 0 Å². The van der Waals surface area contributed by atoms with Gasteiger partial charge in [0.15, 0.2) is 5.84 Å². The number of oxime groups is 1. The number of nitrogens with zero attached hydrogens (tertiary/aromatic N) is 1. The van der Waals surface area contributed by atoms with Crippen LogP contribution in [0.15, 0.2) is 29.4 Å². The highest BCUT2D eigenvalue weighted by molar-refractivity contribution is 5.96. The van der Waals surface area contributed by atoms with Gasteiger partial charge in [-0.1, -0.05) is 29.4 Å². The molecule has 0 aliphatic carbocycles. The molecule has 5 N–H and O–H groups in total. The Balaban J connectivity index is 2.51. The smallest absolute Gasteiger partial charge is 0.170 e. The lowest BCUT2D eigenvalue weighted by atomic mass is 10.1. The normalized spacial score (nSPS) is 13.6. The Labute approximate surface area is 101 Å². The van der Waals surface area contributed by atoms with Crippen LogP contribution in [0.4, 0.5) is 0 Å². The van der Waals surface area contributed by atoms with Gasteiger partial charge in [-0.05, 0) is 18.9 Å². The Morgan fingerprint density at radius 3 is 2.59 bits per heavy atom. The number of nitrogens with one attached hydrogen (secondary N) is 1. The third-order valence-corrected chi connectivity index (χ3v) is 2.57. The van der Waals surface area contributed by atoms with Crippen molar-refractivity contribution in [2.24, 2.45) is 10.9 Å². The van der Waals surface area contributed by atoms with Crippen LogP contribution in [0, 0.1) is 0 Å². The molecule has 1 aromatic carbocycles. The maximum Gasteiger partial charge on any atom is 0.170 e. The van der Waals surface area contributed by atoms with Gasteiger partial charge in [-0.25, -0.2) is 0 Å². The van der Waals surface area contributed by atoms with E-state index in [-0.39, 0.29) is 18.5 Å². The minimum absolute atomic E-state index is 0.109. The second-order valence-electron chi connectivity index (χ2n) is 3.98. The zero-order chi connectivity index (χ0) is 12.7. The third kappa shape index (κ3) is 4.42. The first-order chi connectivity index (χ1) is 8.17. The Morgan fingerprint density at radius 1 is 1.41 bits per heavy atom. The molecule has 0 bridgehead atoms. The maximum absolute atomic E-state index is 8.77. The molecule has 0 amide bonds. The average Bonchev–Trinajstić information content (AvgIpc) is 2.36. The van der Waals surface area contributed by atoms with Gasteiger partial charge in [0.05, 0.1) is 0 Å². The lowest BCUT2D eigenvalue weighted by Gasteiger charge is -2.12. The second kappa shape index (κ2) is 6.88. The van der Waals surface area contributed by atoms with E-state index in [1.165, 1.54) is 0 Å². The van der Waals surface area contributed by atoms with Gasteiger partial charge >= 0.3 is 0 Å². The highest BCUT2D eigenvalue weighted by Gasteiger charge is 2.02. The van der Waals surface area contributed by atoms with Gasteiger partial charge in [0.2, 0.25) is 0 Å². The standard InChI is InChI=1S/C12H19N3O2/c1-9(6-7-16)14-8-10-2-4-11(5-3-10)12(13)15-17/h2-5,9,14,16-17H,6-8H2,1H3,(H2,13,15). The number of nitrogens with two attached hydrogens (primary N) is 1. The predicted octanol–water partition coefficient (Wildman–Crippen LogP) is 0.642. The Kier molecular flexibility index (Phi) is 5.45. The van der Waals surface area contributed by atoms with Crippen molar-refractivity contribution in [3.63, 3.8) is 0 Å². The first-order valence-electron chi connectivity index (χ1n) is 5.58. The van der Waals surface area contributed by atoms with Crippen LogP contribution in [-0.4, -0.2) is 28.8 Å². The van der Waals surface area contributed by atoms with Crippen LogP contribution in [0.25, 0.3) is 0 Å². The molecule has 0 aliphatic heterocycles. The fourth-order valence-corrected chi connectivity index (χ4v) is 1.44. The fourth-order valence-electron chi connectivity index (χ4n) is 1.44. The van der Waals surface area contributed by atoms with E-state index in [0.717, 1.165) is 18.5 Å². The lowest BCUT2D eigenvalue weighted by Crippen LogP contribution is -2.26. The van der Waals surface area contributed by atoms with Gasteiger partial charge in [0, 0.05) is 24.8 Å². The first-order valence-corrected chi connectivity index (χ1v) is 5.58. The summed E-state index contributed by atoms with van der Waals surface area (Å²) in [5.41, 5.74) is 7.27. The molecule has 1 unspecified atom stereocenters. The fraction of sp³-hybridized carbons (Fsp3) is 0.417. The summed E-state index contributed by atoms with van der Waals surface area (Å²) in [5.74, 6) is 0.109. The summed E-state index contributed by atoms with van der Waals surface area (Å²) in [4.78, 5) is 0. The second-order valence-corrected chi connectivity index (χ2v) is 3.98. The summed E-state index contributed by atoms with van der Waals surface area (Å²) in [6, 6.07) is 7.74. The molecule has 0 aliphatic rings. The molecule has 17 heavy (non-hydrogen) atoms. The quantitative estimate of drug-likeness (QED) is 0.253. The van der Waals surface area contributed by atoms with E-state index in [9.17, 15) is 0 Å². The van der Waals surface area contributed by atoms with Crippen molar-refractivity contribution in [3.05, 3.63) is 35.4 Å². The molecule has 1 atom stereocenters. The molecule has 0 spiro atoms. The number of amidine groups is 1. The lowest BCUT2D eigenvalue weighted by molar-refractivity contribution is 0.268. The minimum Gasteiger partial charge on any atom is -0.409 e. The molecule has 0 aromatic heterocycles.